The van der Waals surface area contributed by atoms with E-state index >= 15 is 0 Å². The van der Waals surface area contributed by atoms with Crippen molar-refractivity contribution in [3.63, 3.8) is 0 Å². The summed E-state index contributed by atoms with van der Waals surface area (Å²) in [5.41, 5.74) is 6.85. The van der Waals surface area contributed by atoms with Gasteiger partial charge in [-0.05, 0) is 26.0 Å². The van der Waals surface area contributed by atoms with Crippen molar-refractivity contribution in [2.75, 3.05) is 32.4 Å². The first-order valence-corrected chi connectivity index (χ1v) is 11.3. The van der Waals surface area contributed by atoms with Gasteiger partial charge in [0.05, 0.1) is 12.8 Å². The largest absolute Gasteiger partial charge is 0.485 e. The Hall–Kier alpha value is -1.64. The van der Waals surface area contributed by atoms with Gasteiger partial charge in [0.25, 0.3) is 0 Å². The minimum Gasteiger partial charge on any atom is -0.485 e. The van der Waals surface area contributed by atoms with Gasteiger partial charge in [-0.15, -0.1) is 0 Å². The molecular weight excluding hydrogens is 366 g/mol. The molecule has 1 fully saturated rings. The predicted octanol–water partition coefficient (Wildman–Crippen LogP) is 1.25. The zero-order valence-electron chi connectivity index (χ0n) is 16.1. The molecule has 1 saturated heterocycles. The molecule has 8 heteroatoms. The van der Waals surface area contributed by atoms with Crippen LogP contribution in [-0.4, -0.2) is 61.6 Å². The fourth-order valence-corrected chi connectivity index (χ4v) is 4.68. The van der Waals surface area contributed by atoms with Crippen molar-refractivity contribution in [2.45, 2.75) is 44.8 Å². The van der Waals surface area contributed by atoms with Gasteiger partial charge in [-0.1, -0.05) is 17.7 Å². The number of likely N-dealkylation sites (tertiary alicyclic amines) is 1. The van der Waals surface area contributed by atoms with E-state index in [1.54, 1.807) is 0 Å². The molecule has 0 aliphatic carbocycles. The van der Waals surface area contributed by atoms with E-state index in [4.69, 9.17) is 10.5 Å². The van der Waals surface area contributed by atoms with Crippen LogP contribution in [0.25, 0.3) is 0 Å². The second kappa shape index (κ2) is 7.77. The number of carbonyl (C=O) groups is 1. The number of hydrogen-bond acceptors (Lipinski definition) is 5. The summed E-state index contributed by atoms with van der Waals surface area (Å²) in [7, 11) is -3.36. The molecule has 1 aromatic rings. The van der Waals surface area contributed by atoms with E-state index in [2.05, 4.69) is 0 Å². The number of nitrogens with two attached hydrogens (primary N) is 1. The highest BCUT2D eigenvalue weighted by Crippen LogP contribution is 2.36. The smallest absolute Gasteiger partial charge is 0.222 e. The van der Waals surface area contributed by atoms with Crippen molar-refractivity contribution in [1.29, 1.82) is 0 Å². The third kappa shape index (κ3) is 4.62. The lowest BCUT2D eigenvalue weighted by Gasteiger charge is -2.42. The highest BCUT2D eigenvalue weighted by Gasteiger charge is 2.43. The Morgan fingerprint density at radius 2 is 2.00 bits per heavy atom. The molecule has 1 amide bonds. The summed E-state index contributed by atoms with van der Waals surface area (Å²) in [6.45, 7) is 4.26. The van der Waals surface area contributed by atoms with Gasteiger partial charge in [-0.3, -0.25) is 4.79 Å². The molecule has 7 nitrogen and oxygen atoms in total. The van der Waals surface area contributed by atoms with E-state index in [1.165, 1.54) is 10.6 Å². The number of hydrogen-bond donors (Lipinski definition) is 1. The molecule has 0 saturated carbocycles. The van der Waals surface area contributed by atoms with Gasteiger partial charge in [0.1, 0.15) is 11.4 Å². The molecule has 27 heavy (non-hydrogen) atoms. The Labute approximate surface area is 161 Å². The van der Waals surface area contributed by atoms with Crippen molar-refractivity contribution in [2.24, 2.45) is 5.73 Å². The first-order valence-electron chi connectivity index (χ1n) is 9.44. The van der Waals surface area contributed by atoms with E-state index in [9.17, 15) is 13.2 Å². The first kappa shape index (κ1) is 20.1. The molecule has 0 bridgehead atoms. The lowest BCUT2D eigenvalue weighted by molar-refractivity contribution is -0.134. The first-order chi connectivity index (χ1) is 12.7. The highest BCUT2D eigenvalue weighted by molar-refractivity contribution is 7.88. The Balaban J connectivity index is 1.82. The fraction of sp³-hybridized carbons (Fsp3) is 0.632. The van der Waals surface area contributed by atoms with Gasteiger partial charge in [0.2, 0.25) is 15.9 Å². The van der Waals surface area contributed by atoms with Crippen molar-refractivity contribution < 1.29 is 17.9 Å². The number of amides is 1. The van der Waals surface area contributed by atoms with Crippen LogP contribution in [-0.2, 0) is 21.4 Å². The van der Waals surface area contributed by atoms with E-state index < -0.39 is 15.6 Å². The second-order valence-electron chi connectivity index (χ2n) is 7.70. The Morgan fingerprint density at radius 3 is 2.63 bits per heavy atom. The Bertz CT molecular complexity index is 801. The summed E-state index contributed by atoms with van der Waals surface area (Å²) < 4.78 is 32.6. The number of fused-ring (bicyclic) bond motifs is 1. The molecule has 3 rings (SSSR count). The van der Waals surface area contributed by atoms with Gasteiger partial charge in [0, 0.05) is 44.5 Å². The SMILES string of the molecule is Cc1ccc2c(c1)CN(S(C)(=O)=O)CC1(CCN(C(=O)CCCN)CC1)O2. The number of rotatable bonds is 4. The summed E-state index contributed by atoms with van der Waals surface area (Å²) in [6, 6.07) is 5.89. The molecule has 1 aromatic carbocycles. The Kier molecular flexibility index (Phi) is 5.79. The van der Waals surface area contributed by atoms with Crippen molar-refractivity contribution in [1.82, 2.24) is 9.21 Å². The van der Waals surface area contributed by atoms with Crippen LogP contribution >= 0.6 is 0 Å². The van der Waals surface area contributed by atoms with Crippen molar-refractivity contribution >= 4 is 15.9 Å². The third-order valence-corrected chi connectivity index (χ3v) is 6.64. The number of sulfonamides is 1. The molecule has 0 atom stereocenters. The number of ether oxygens (including phenoxy) is 1. The molecule has 2 N–H and O–H groups in total. The van der Waals surface area contributed by atoms with Gasteiger partial charge >= 0.3 is 0 Å². The summed E-state index contributed by atoms with van der Waals surface area (Å²) in [6.07, 6.45) is 3.61. The van der Waals surface area contributed by atoms with Gasteiger partial charge in [-0.25, -0.2) is 8.42 Å². The van der Waals surface area contributed by atoms with Crippen LogP contribution in [0.3, 0.4) is 0 Å². The molecule has 2 aliphatic rings. The maximum Gasteiger partial charge on any atom is 0.222 e. The van der Waals surface area contributed by atoms with Crippen LogP contribution in [0.2, 0.25) is 0 Å². The van der Waals surface area contributed by atoms with E-state index in [0.29, 0.717) is 58.4 Å². The van der Waals surface area contributed by atoms with Crippen LogP contribution in [0.15, 0.2) is 18.2 Å². The summed E-state index contributed by atoms with van der Waals surface area (Å²) in [4.78, 5) is 14.1. The maximum atomic E-state index is 12.3. The van der Waals surface area contributed by atoms with Gasteiger partial charge in [0.15, 0.2) is 0 Å². The predicted molar refractivity (Wildman–Crippen MR) is 104 cm³/mol. The van der Waals surface area contributed by atoms with Crippen LogP contribution in [0, 0.1) is 6.92 Å². The average Bonchev–Trinajstić information content (AvgIpc) is 2.76. The standard InChI is InChI=1S/C19H29N3O4S/c1-15-5-6-17-16(12-15)13-22(27(2,24)25)14-19(26-17)7-10-21(11-8-19)18(23)4-3-9-20/h5-6,12H,3-4,7-11,13-14,20H2,1-2H3. The quantitative estimate of drug-likeness (QED) is 0.828. The summed E-state index contributed by atoms with van der Waals surface area (Å²) in [5.74, 6) is 0.856. The number of carbonyl (C=O) groups excluding carboxylic acids is 1. The third-order valence-electron chi connectivity index (χ3n) is 5.44. The monoisotopic (exact) mass is 395 g/mol. The minimum atomic E-state index is -3.36. The lowest BCUT2D eigenvalue weighted by atomic mass is 9.90. The van der Waals surface area contributed by atoms with Gasteiger partial charge in [-0.2, -0.15) is 4.31 Å². The van der Waals surface area contributed by atoms with E-state index in [-0.39, 0.29) is 5.91 Å². The van der Waals surface area contributed by atoms with Crippen LogP contribution in [0.5, 0.6) is 5.75 Å². The molecule has 1 spiro atoms. The van der Waals surface area contributed by atoms with Crippen molar-refractivity contribution in [3.8, 4) is 5.75 Å². The molecule has 0 unspecified atom stereocenters. The molecule has 2 heterocycles. The number of nitrogens with zero attached hydrogens (tertiary/aromatic N) is 2. The minimum absolute atomic E-state index is 0.111. The summed E-state index contributed by atoms with van der Waals surface area (Å²) in [5, 5.41) is 0. The fourth-order valence-electron chi connectivity index (χ4n) is 3.83. The van der Waals surface area contributed by atoms with E-state index in [0.717, 1.165) is 16.9 Å². The van der Waals surface area contributed by atoms with Crippen LogP contribution in [0.1, 0.15) is 36.8 Å². The lowest BCUT2D eigenvalue weighted by Crippen LogP contribution is -2.55. The normalized spacial score (nSPS) is 20.0. The molecule has 2 aliphatic heterocycles. The molecular formula is C19H29N3O4S. The summed E-state index contributed by atoms with van der Waals surface area (Å²) >= 11 is 0. The number of aryl methyl sites for hydroxylation is 1. The van der Waals surface area contributed by atoms with E-state index in [1.807, 2.05) is 30.0 Å². The second-order valence-corrected chi connectivity index (χ2v) is 9.68. The van der Waals surface area contributed by atoms with Gasteiger partial charge < -0.3 is 15.4 Å². The number of piperidine rings is 1. The topological polar surface area (TPSA) is 92.9 Å². The molecule has 0 radical (unpaired) electrons. The number of benzene rings is 1. The van der Waals surface area contributed by atoms with Crippen LogP contribution < -0.4 is 10.5 Å². The maximum absolute atomic E-state index is 12.3. The molecule has 150 valence electrons. The van der Waals surface area contributed by atoms with Crippen molar-refractivity contribution in [3.05, 3.63) is 29.3 Å². The zero-order chi connectivity index (χ0) is 19.7. The zero-order valence-corrected chi connectivity index (χ0v) is 16.9. The van der Waals surface area contributed by atoms with Crippen LogP contribution in [0.4, 0.5) is 0 Å². The molecule has 0 aromatic heterocycles. The highest BCUT2D eigenvalue weighted by atomic mass is 32.2. The Morgan fingerprint density at radius 1 is 1.30 bits per heavy atom. The average molecular weight is 396 g/mol.